The van der Waals surface area contributed by atoms with Crippen LogP contribution in [0.3, 0.4) is 0 Å². The highest BCUT2D eigenvalue weighted by atomic mass is 16.2. The van der Waals surface area contributed by atoms with Gasteiger partial charge in [-0.05, 0) is 61.2 Å². The van der Waals surface area contributed by atoms with E-state index < -0.39 is 23.8 Å². The number of hydrogen-bond donors (Lipinski definition) is 1. The lowest BCUT2D eigenvalue weighted by atomic mass is 9.93. The van der Waals surface area contributed by atoms with Crippen LogP contribution in [0, 0.1) is 6.92 Å². The van der Waals surface area contributed by atoms with Crippen LogP contribution in [0.2, 0.25) is 0 Å². The van der Waals surface area contributed by atoms with E-state index in [0.29, 0.717) is 24.2 Å². The third kappa shape index (κ3) is 3.46. The smallest absolute Gasteiger partial charge is 0.261 e. The van der Waals surface area contributed by atoms with Gasteiger partial charge in [0.25, 0.3) is 17.7 Å². The number of carbonyl (C=O) groups is 4. The number of carbonyl (C=O) groups excluding carboxylic acids is 4. The van der Waals surface area contributed by atoms with Gasteiger partial charge in [0.05, 0.1) is 11.1 Å². The minimum absolute atomic E-state index is 0.199. The van der Waals surface area contributed by atoms with E-state index in [1.54, 1.807) is 6.07 Å². The molecule has 5 rings (SSSR count). The molecule has 0 aromatic heterocycles. The first kappa shape index (κ1) is 21.6. The fourth-order valence-electron chi connectivity index (χ4n) is 4.61. The fourth-order valence-corrected chi connectivity index (χ4v) is 4.61. The van der Waals surface area contributed by atoms with Crippen LogP contribution in [0.25, 0.3) is 0 Å². The SMILES string of the molecule is Cc1ccccc1NC(=O)C1CCc2ccccc2N1C(=O)c1ccc2c(c1)C(=O)N(C)C2=O. The van der Waals surface area contributed by atoms with Gasteiger partial charge in [0.1, 0.15) is 6.04 Å². The van der Waals surface area contributed by atoms with Gasteiger partial charge < -0.3 is 5.32 Å². The highest BCUT2D eigenvalue weighted by Gasteiger charge is 2.38. The summed E-state index contributed by atoms with van der Waals surface area (Å²) >= 11 is 0. The molecule has 3 aromatic rings. The molecule has 7 heteroatoms. The summed E-state index contributed by atoms with van der Waals surface area (Å²) in [6.07, 6.45) is 1.12. The molecule has 4 amide bonds. The number of hydrogen-bond acceptors (Lipinski definition) is 4. The molecule has 2 aliphatic heterocycles. The van der Waals surface area contributed by atoms with Crippen molar-refractivity contribution in [3.63, 3.8) is 0 Å². The van der Waals surface area contributed by atoms with Crippen molar-refractivity contribution in [2.75, 3.05) is 17.3 Å². The average molecular weight is 453 g/mol. The van der Waals surface area contributed by atoms with E-state index in [1.807, 2.05) is 55.5 Å². The Morgan fingerprint density at radius 1 is 0.912 bits per heavy atom. The summed E-state index contributed by atoms with van der Waals surface area (Å²) in [5.41, 5.74) is 3.99. The zero-order chi connectivity index (χ0) is 24.0. The Hall–Kier alpha value is -4.26. The van der Waals surface area contributed by atoms with Gasteiger partial charge in [-0.15, -0.1) is 0 Å². The van der Waals surface area contributed by atoms with Gasteiger partial charge in [-0.2, -0.15) is 0 Å². The molecule has 0 saturated carbocycles. The van der Waals surface area contributed by atoms with Crippen molar-refractivity contribution in [3.05, 3.63) is 94.5 Å². The minimum atomic E-state index is -0.727. The molecular formula is C27H23N3O4. The Balaban J connectivity index is 1.53. The zero-order valence-corrected chi connectivity index (χ0v) is 18.9. The number of rotatable bonds is 3. The molecule has 0 fully saturated rings. The third-order valence-electron chi connectivity index (χ3n) is 6.51. The van der Waals surface area contributed by atoms with Gasteiger partial charge >= 0.3 is 0 Å². The second-order valence-corrected chi connectivity index (χ2v) is 8.59. The standard InChI is InChI=1S/C27H23N3O4/c1-16-7-3-5-9-21(16)28-24(31)23-14-12-17-8-4-6-10-22(17)30(23)25(32)18-11-13-19-20(15-18)27(34)29(2)26(19)33/h3-11,13,15,23H,12,14H2,1-2H3,(H,28,31). The molecule has 0 bridgehead atoms. The van der Waals surface area contributed by atoms with Crippen molar-refractivity contribution in [2.24, 2.45) is 0 Å². The molecule has 1 unspecified atom stereocenters. The Bertz CT molecular complexity index is 1360. The summed E-state index contributed by atoms with van der Waals surface area (Å²) < 4.78 is 0. The molecule has 2 aliphatic rings. The van der Waals surface area contributed by atoms with Crippen molar-refractivity contribution < 1.29 is 19.2 Å². The van der Waals surface area contributed by atoms with Crippen LogP contribution in [0.15, 0.2) is 66.7 Å². The molecule has 0 radical (unpaired) electrons. The quantitative estimate of drug-likeness (QED) is 0.611. The van der Waals surface area contributed by atoms with Gasteiger partial charge in [0.15, 0.2) is 0 Å². The maximum atomic E-state index is 13.8. The Labute approximate surface area is 197 Å². The predicted molar refractivity (Wildman–Crippen MR) is 128 cm³/mol. The first-order chi connectivity index (χ1) is 16.4. The number of aryl methyl sites for hydroxylation is 2. The molecule has 0 aliphatic carbocycles. The Kier molecular flexibility index (Phi) is 5.24. The normalized spacial score (nSPS) is 16.8. The molecule has 2 heterocycles. The molecule has 170 valence electrons. The second-order valence-electron chi connectivity index (χ2n) is 8.59. The van der Waals surface area contributed by atoms with Gasteiger partial charge in [-0.1, -0.05) is 36.4 Å². The van der Waals surface area contributed by atoms with Gasteiger partial charge in [-0.25, -0.2) is 0 Å². The number of benzene rings is 3. The summed E-state index contributed by atoms with van der Waals surface area (Å²) in [5.74, 6) is -1.50. The molecule has 3 aromatic carbocycles. The molecule has 1 N–H and O–H groups in total. The summed E-state index contributed by atoms with van der Waals surface area (Å²) in [6, 6.07) is 18.8. The highest BCUT2D eigenvalue weighted by molar-refractivity contribution is 6.22. The Morgan fingerprint density at radius 2 is 1.62 bits per heavy atom. The van der Waals surface area contributed by atoms with Crippen LogP contribution in [0.1, 0.15) is 48.6 Å². The number of para-hydroxylation sites is 2. The molecule has 0 spiro atoms. The lowest BCUT2D eigenvalue weighted by molar-refractivity contribution is -0.117. The summed E-state index contributed by atoms with van der Waals surface area (Å²) in [4.78, 5) is 54.5. The van der Waals surface area contributed by atoms with Crippen LogP contribution >= 0.6 is 0 Å². The zero-order valence-electron chi connectivity index (χ0n) is 18.9. The van der Waals surface area contributed by atoms with Gasteiger partial charge in [0, 0.05) is 24.0 Å². The number of fused-ring (bicyclic) bond motifs is 2. The highest BCUT2D eigenvalue weighted by Crippen LogP contribution is 2.33. The molecule has 0 saturated heterocycles. The largest absolute Gasteiger partial charge is 0.324 e. The molecule has 7 nitrogen and oxygen atoms in total. The first-order valence-corrected chi connectivity index (χ1v) is 11.1. The number of imide groups is 1. The first-order valence-electron chi connectivity index (χ1n) is 11.1. The van der Waals surface area contributed by atoms with Gasteiger partial charge in [-0.3, -0.25) is 29.0 Å². The van der Waals surface area contributed by atoms with Crippen molar-refractivity contribution in [1.82, 2.24) is 4.90 Å². The van der Waals surface area contributed by atoms with E-state index in [1.165, 1.54) is 24.1 Å². The topological polar surface area (TPSA) is 86.8 Å². The Morgan fingerprint density at radius 3 is 2.41 bits per heavy atom. The maximum Gasteiger partial charge on any atom is 0.261 e. The number of anilines is 2. The van der Waals surface area contributed by atoms with Crippen molar-refractivity contribution >= 4 is 35.0 Å². The second kappa shape index (κ2) is 8.26. The van der Waals surface area contributed by atoms with E-state index in [2.05, 4.69) is 5.32 Å². The van der Waals surface area contributed by atoms with Gasteiger partial charge in [0.2, 0.25) is 5.91 Å². The average Bonchev–Trinajstić information content (AvgIpc) is 3.07. The number of nitrogens with one attached hydrogen (secondary N) is 1. The minimum Gasteiger partial charge on any atom is -0.324 e. The van der Waals surface area contributed by atoms with Crippen molar-refractivity contribution in [1.29, 1.82) is 0 Å². The third-order valence-corrected chi connectivity index (χ3v) is 6.51. The molecular weight excluding hydrogens is 430 g/mol. The van der Waals surface area contributed by atoms with Crippen LogP contribution < -0.4 is 10.2 Å². The maximum absolute atomic E-state index is 13.8. The molecule has 34 heavy (non-hydrogen) atoms. The molecule has 1 atom stereocenters. The van der Waals surface area contributed by atoms with Crippen LogP contribution in [-0.2, 0) is 11.2 Å². The van der Waals surface area contributed by atoms with E-state index in [4.69, 9.17) is 0 Å². The van der Waals surface area contributed by atoms with E-state index in [-0.39, 0.29) is 22.6 Å². The van der Waals surface area contributed by atoms with Crippen molar-refractivity contribution in [3.8, 4) is 0 Å². The van der Waals surface area contributed by atoms with Crippen molar-refractivity contribution in [2.45, 2.75) is 25.8 Å². The lowest BCUT2D eigenvalue weighted by Crippen LogP contribution is -2.50. The van der Waals surface area contributed by atoms with E-state index in [0.717, 1.165) is 16.0 Å². The van der Waals surface area contributed by atoms with Crippen LogP contribution in [-0.4, -0.2) is 41.6 Å². The summed E-state index contributed by atoms with van der Waals surface area (Å²) in [7, 11) is 1.42. The lowest BCUT2D eigenvalue weighted by Gasteiger charge is -2.36. The summed E-state index contributed by atoms with van der Waals surface area (Å²) in [6.45, 7) is 1.91. The summed E-state index contributed by atoms with van der Waals surface area (Å²) in [5, 5.41) is 2.97. The van der Waals surface area contributed by atoms with Crippen LogP contribution in [0.4, 0.5) is 11.4 Å². The van der Waals surface area contributed by atoms with Crippen LogP contribution in [0.5, 0.6) is 0 Å². The number of nitrogens with zero attached hydrogens (tertiary/aromatic N) is 2. The van der Waals surface area contributed by atoms with E-state index in [9.17, 15) is 19.2 Å². The van der Waals surface area contributed by atoms with E-state index >= 15 is 0 Å². The fraction of sp³-hybridized carbons (Fsp3) is 0.185. The number of amides is 4. The monoisotopic (exact) mass is 453 g/mol. The predicted octanol–water partition coefficient (Wildman–Crippen LogP) is 3.82.